The van der Waals surface area contributed by atoms with E-state index < -0.39 is 0 Å². The molecule has 2 aromatic carbocycles. The van der Waals surface area contributed by atoms with Crippen molar-refractivity contribution in [2.75, 3.05) is 32.1 Å². The third kappa shape index (κ3) is 4.29. The number of benzene rings is 2. The normalized spacial score (nSPS) is 17.6. The number of nitrogens with zero attached hydrogens (tertiary/aromatic N) is 2. The molecule has 2 heterocycles. The molecule has 4 rings (SSSR count). The molecule has 146 valence electrons. The maximum absolute atomic E-state index is 12.5. The van der Waals surface area contributed by atoms with Crippen molar-refractivity contribution in [3.05, 3.63) is 52.5 Å². The predicted octanol–water partition coefficient (Wildman–Crippen LogP) is 4.78. The fraction of sp³-hybridized carbons (Fsp3) is 0.333. The summed E-state index contributed by atoms with van der Waals surface area (Å²) < 4.78 is 6.37. The number of halogens is 1. The minimum Gasteiger partial charge on any atom is -0.495 e. The van der Waals surface area contributed by atoms with Gasteiger partial charge in [-0.25, -0.2) is 4.98 Å². The lowest BCUT2D eigenvalue weighted by atomic mass is 9.99. The molecule has 3 aromatic rings. The summed E-state index contributed by atoms with van der Waals surface area (Å²) in [5.41, 5.74) is 1.74. The number of rotatable bonds is 5. The number of thiazole rings is 1. The van der Waals surface area contributed by atoms with Crippen LogP contribution in [0.2, 0.25) is 5.02 Å². The first kappa shape index (κ1) is 19.2. The molecule has 1 fully saturated rings. The predicted molar refractivity (Wildman–Crippen MR) is 115 cm³/mol. The van der Waals surface area contributed by atoms with Crippen molar-refractivity contribution in [3.8, 4) is 5.75 Å². The third-order valence-corrected chi connectivity index (χ3v) is 6.46. The highest BCUT2D eigenvalue weighted by Crippen LogP contribution is 2.33. The van der Waals surface area contributed by atoms with Crippen LogP contribution in [-0.2, 0) is 4.79 Å². The second kappa shape index (κ2) is 8.47. The van der Waals surface area contributed by atoms with Crippen molar-refractivity contribution in [2.24, 2.45) is 0 Å². The smallest absolute Gasteiger partial charge is 0.238 e. The molecule has 1 aromatic heterocycles. The summed E-state index contributed by atoms with van der Waals surface area (Å²) in [5.74, 6) is 0.940. The molecule has 0 spiro atoms. The number of para-hydroxylation sites is 1. The van der Waals surface area contributed by atoms with Crippen molar-refractivity contribution in [1.82, 2.24) is 9.88 Å². The number of piperidine rings is 1. The van der Waals surface area contributed by atoms with Crippen molar-refractivity contribution in [2.45, 2.75) is 18.8 Å². The molecule has 1 saturated heterocycles. The zero-order chi connectivity index (χ0) is 19.5. The standard InChI is InChI=1S/C21H22ClN3O2S/c1-27-18-9-8-15(11-16(18)22)23-20(26)13-25-10-4-5-14(12-25)21-24-17-6-2-3-7-19(17)28-21/h2-3,6-9,11,14H,4-5,10,12-13H2,1H3,(H,23,26)/t14-/m1/s1. The molecule has 1 amide bonds. The van der Waals surface area contributed by atoms with Gasteiger partial charge in [0.2, 0.25) is 5.91 Å². The van der Waals surface area contributed by atoms with Gasteiger partial charge in [-0.15, -0.1) is 11.3 Å². The summed E-state index contributed by atoms with van der Waals surface area (Å²) in [7, 11) is 1.57. The van der Waals surface area contributed by atoms with Gasteiger partial charge in [0, 0.05) is 18.2 Å². The average molecular weight is 416 g/mol. The summed E-state index contributed by atoms with van der Waals surface area (Å²) >= 11 is 7.90. The summed E-state index contributed by atoms with van der Waals surface area (Å²) in [6.07, 6.45) is 2.19. The van der Waals surface area contributed by atoms with Crippen LogP contribution in [0.25, 0.3) is 10.2 Å². The van der Waals surface area contributed by atoms with Gasteiger partial charge in [-0.2, -0.15) is 0 Å². The topological polar surface area (TPSA) is 54.5 Å². The highest BCUT2D eigenvalue weighted by Gasteiger charge is 2.25. The number of methoxy groups -OCH3 is 1. The Balaban J connectivity index is 1.38. The first-order chi connectivity index (χ1) is 13.6. The molecule has 7 heteroatoms. The van der Waals surface area contributed by atoms with Crippen molar-refractivity contribution >= 4 is 44.7 Å². The van der Waals surface area contributed by atoms with Gasteiger partial charge in [0.1, 0.15) is 5.75 Å². The van der Waals surface area contributed by atoms with Crippen molar-refractivity contribution < 1.29 is 9.53 Å². The first-order valence-corrected chi connectivity index (χ1v) is 10.5. The van der Waals surface area contributed by atoms with E-state index in [1.54, 1.807) is 36.6 Å². The summed E-state index contributed by atoms with van der Waals surface area (Å²) in [6, 6.07) is 13.5. The number of amides is 1. The van der Waals surface area contributed by atoms with Gasteiger partial charge >= 0.3 is 0 Å². The van der Waals surface area contributed by atoms with E-state index in [9.17, 15) is 4.79 Å². The van der Waals surface area contributed by atoms with Crippen molar-refractivity contribution in [3.63, 3.8) is 0 Å². The van der Waals surface area contributed by atoms with E-state index in [0.29, 0.717) is 28.9 Å². The van der Waals surface area contributed by atoms with E-state index in [1.807, 2.05) is 12.1 Å². The van der Waals surface area contributed by atoms with Gasteiger partial charge in [-0.1, -0.05) is 23.7 Å². The number of hydrogen-bond donors (Lipinski definition) is 1. The molecule has 0 bridgehead atoms. The summed E-state index contributed by atoms with van der Waals surface area (Å²) in [5, 5.41) is 4.58. The third-order valence-electron chi connectivity index (χ3n) is 4.97. The fourth-order valence-corrected chi connectivity index (χ4v) is 4.96. The molecule has 1 atom stereocenters. The number of carbonyl (C=O) groups is 1. The number of fused-ring (bicyclic) bond motifs is 1. The van der Waals surface area contributed by atoms with E-state index in [-0.39, 0.29) is 5.91 Å². The fourth-order valence-electron chi connectivity index (χ4n) is 3.61. The highest BCUT2D eigenvalue weighted by molar-refractivity contribution is 7.18. The minimum absolute atomic E-state index is 0.0359. The summed E-state index contributed by atoms with van der Waals surface area (Å²) in [6.45, 7) is 2.15. The number of hydrogen-bond acceptors (Lipinski definition) is 5. The number of anilines is 1. The Kier molecular flexibility index (Phi) is 5.80. The van der Waals surface area contributed by atoms with Crippen LogP contribution < -0.4 is 10.1 Å². The number of carbonyl (C=O) groups excluding carboxylic acids is 1. The van der Waals surface area contributed by atoms with Crippen molar-refractivity contribution in [1.29, 1.82) is 0 Å². The number of nitrogens with one attached hydrogen (secondary N) is 1. The molecule has 0 saturated carbocycles. The first-order valence-electron chi connectivity index (χ1n) is 9.33. The van der Waals surface area contributed by atoms with Crippen LogP contribution in [0.4, 0.5) is 5.69 Å². The molecule has 5 nitrogen and oxygen atoms in total. The molecule has 1 aliphatic rings. The van der Waals surface area contributed by atoms with E-state index in [0.717, 1.165) is 31.4 Å². The Labute approximate surface area is 173 Å². The highest BCUT2D eigenvalue weighted by atomic mass is 35.5. The Bertz CT molecular complexity index is 958. The number of likely N-dealkylation sites (tertiary alicyclic amines) is 1. The SMILES string of the molecule is COc1ccc(NC(=O)CN2CCC[C@@H](c3nc4ccccc4s3)C2)cc1Cl. The van der Waals surface area contributed by atoms with E-state index in [2.05, 4.69) is 22.3 Å². The largest absolute Gasteiger partial charge is 0.495 e. The molecule has 0 aliphatic carbocycles. The van der Waals surface area contributed by atoms with Gasteiger partial charge in [-0.3, -0.25) is 9.69 Å². The Morgan fingerprint density at radius 3 is 3.00 bits per heavy atom. The molecule has 0 unspecified atom stereocenters. The molecular weight excluding hydrogens is 394 g/mol. The van der Waals surface area contributed by atoms with E-state index in [1.165, 1.54) is 9.71 Å². The van der Waals surface area contributed by atoms with Crippen LogP contribution in [0, 0.1) is 0 Å². The van der Waals surface area contributed by atoms with Gasteiger partial charge in [0.15, 0.2) is 0 Å². The Morgan fingerprint density at radius 1 is 1.36 bits per heavy atom. The molecular formula is C21H22ClN3O2S. The van der Waals surface area contributed by atoms with Gasteiger partial charge in [0.25, 0.3) is 0 Å². The maximum Gasteiger partial charge on any atom is 0.238 e. The lowest BCUT2D eigenvalue weighted by Crippen LogP contribution is -2.39. The lowest BCUT2D eigenvalue weighted by Gasteiger charge is -2.31. The maximum atomic E-state index is 12.5. The minimum atomic E-state index is -0.0359. The Morgan fingerprint density at radius 2 is 2.21 bits per heavy atom. The number of aromatic nitrogens is 1. The van der Waals surface area contributed by atoms with E-state index >= 15 is 0 Å². The van der Waals surface area contributed by atoms with Crippen LogP contribution in [0.15, 0.2) is 42.5 Å². The quantitative estimate of drug-likeness (QED) is 0.651. The van der Waals surface area contributed by atoms with Crippen LogP contribution in [-0.4, -0.2) is 42.5 Å². The van der Waals surface area contributed by atoms with Gasteiger partial charge < -0.3 is 10.1 Å². The number of ether oxygens (including phenoxy) is 1. The van der Waals surface area contributed by atoms with Crippen LogP contribution in [0.3, 0.4) is 0 Å². The van der Waals surface area contributed by atoms with Gasteiger partial charge in [-0.05, 0) is 49.7 Å². The summed E-state index contributed by atoms with van der Waals surface area (Å²) in [4.78, 5) is 19.5. The zero-order valence-electron chi connectivity index (χ0n) is 15.7. The molecule has 1 aliphatic heterocycles. The molecule has 0 radical (unpaired) electrons. The lowest BCUT2D eigenvalue weighted by molar-refractivity contribution is -0.117. The van der Waals surface area contributed by atoms with Crippen LogP contribution in [0.5, 0.6) is 5.75 Å². The molecule has 28 heavy (non-hydrogen) atoms. The van der Waals surface area contributed by atoms with Gasteiger partial charge in [0.05, 0.1) is 33.9 Å². The van der Waals surface area contributed by atoms with Crippen LogP contribution >= 0.6 is 22.9 Å². The van der Waals surface area contributed by atoms with Crippen LogP contribution in [0.1, 0.15) is 23.8 Å². The monoisotopic (exact) mass is 415 g/mol. The molecule has 1 N–H and O–H groups in total. The Hall–Kier alpha value is -2.15. The average Bonchev–Trinajstić information content (AvgIpc) is 3.12. The van der Waals surface area contributed by atoms with E-state index in [4.69, 9.17) is 21.3 Å². The zero-order valence-corrected chi connectivity index (χ0v) is 17.2. The second-order valence-electron chi connectivity index (χ2n) is 6.99. The second-order valence-corrected chi connectivity index (χ2v) is 8.46.